The highest BCUT2D eigenvalue weighted by Crippen LogP contribution is 2.28. The number of benzene rings is 2. The Morgan fingerprint density at radius 2 is 1.74 bits per heavy atom. The Kier molecular flexibility index (Phi) is 7.04. The minimum absolute atomic E-state index is 0.000365. The fraction of sp³-hybridized carbons (Fsp3) is 0.346. The van der Waals surface area contributed by atoms with Crippen molar-refractivity contribution < 1.29 is 4.79 Å². The molecule has 162 valence electrons. The lowest BCUT2D eigenvalue weighted by molar-refractivity contribution is 0.0608. The maximum Gasteiger partial charge on any atom is 0.254 e. The zero-order valence-electron chi connectivity index (χ0n) is 17.9. The summed E-state index contributed by atoms with van der Waals surface area (Å²) in [5.41, 5.74) is 4.20. The van der Waals surface area contributed by atoms with Gasteiger partial charge in [0.05, 0.1) is 6.54 Å². The van der Waals surface area contributed by atoms with Crippen molar-refractivity contribution in [3.63, 3.8) is 0 Å². The molecule has 0 N–H and O–H groups in total. The summed E-state index contributed by atoms with van der Waals surface area (Å²) in [6, 6.07) is 18.1. The monoisotopic (exact) mass is 454 g/mol. The number of nitrogens with zero attached hydrogens (tertiary/aromatic N) is 2. The fourth-order valence-corrected chi connectivity index (χ4v) is 5.06. The predicted molar refractivity (Wildman–Crippen MR) is 128 cm³/mol. The van der Waals surface area contributed by atoms with E-state index < -0.39 is 0 Å². The van der Waals surface area contributed by atoms with Gasteiger partial charge in [-0.05, 0) is 55.7 Å². The quantitative estimate of drug-likeness (QED) is 0.388. The van der Waals surface area contributed by atoms with Crippen LogP contribution in [-0.4, -0.2) is 21.4 Å². The molecule has 0 bridgehead atoms. The number of amides is 1. The first-order valence-corrected chi connectivity index (χ1v) is 11.7. The van der Waals surface area contributed by atoms with Gasteiger partial charge in [-0.1, -0.05) is 72.3 Å². The fourth-order valence-electron chi connectivity index (χ4n) is 4.53. The summed E-state index contributed by atoms with van der Waals surface area (Å²) < 4.78 is 2.24. The SMILES string of the molecule is Cc1cccc(Cn2cccc2CN(C(=O)c2cc(Cl)cc(Cl)c2)C2CCCCC2)c1. The van der Waals surface area contributed by atoms with Gasteiger partial charge in [-0.3, -0.25) is 4.79 Å². The molecule has 2 aromatic carbocycles. The Hall–Kier alpha value is -2.23. The Labute approximate surface area is 194 Å². The summed E-state index contributed by atoms with van der Waals surface area (Å²) in [7, 11) is 0. The van der Waals surface area contributed by atoms with E-state index in [0.29, 0.717) is 22.2 Å². The Morgan fingerprint density at radius 1 is 1.00 bits per heavy atom. The first-order chi connectivity index (χ1) is 15.0. The highest BCUT2D eigenvalue weighted by atomic mass is 35.5. The lowest BCUT2D eigenvalue weighted by atomic mass is 9.93. The van der Waals surface area contributed by atoms with E-state index in [1.807, 2.05) is 4.90 Å². The van der Waals surface area contributed by atoms with Gasteiger partial charge < -0.3 is 9.47 Å². The van der Waals surface area contributed by atoms with Gasteiger partial charge >= 0.3 is 0 Å². The van der Waals surface area contributed by atoms with Gasteiger partial charge in [-0.2, -0.15) is 0 Å². The van der Waals surface area contributed by atoms with Crippen LogP contribution in [0.2, 0.25) is 10.0 Å². The lowest BCUT2D eigenvalue weighted by Crippen LogP contribution is -2.41. The highest BCUT2D eigenvalue weighted by Gasteiger charge is 2.27. The first kappa shape index (κ1) is 22.0. The van der Waals surface area contributed by atoms with Crippen molar-refractivity contribution in [3.8, 4) is 0 Å². The molecule has 0 aliphatic heterocycles. The minimum Gasteiger partial charge on any atom is -0.345 e. The van der Waals surface area contributed by atoms with Crippen LogP contribution in [0.1, 0.15) is 59.3 Å². The molecule has 3 aromatic rings. The second-order valence-electron chi connectivity index (χ2n) is 8.50. The molecule has 5 heteroatoms. The summed E-state index contributed by atoms with van der Waals surface area (Å²) in [4.78, 5) is 15.6. The van der Waals surface area contributed by atoms with Gasteiger partial charge in [-0.15, -0.1) is 0 Å². The summed E-state index contributed by atoms with van der Waals surface area (Å²) in [6.45, 7) is 3.48. The van der Waals surface area contributed by atoms with Crippen LogP contribution in [0.25, 0.3) is 0 Å². The van der Waals surface area contributed by atoms with Gasteiger partial charge in [0.1, 0.15) is 0 Å². The lowest BCUT2D eigenvalue weighted by Gasteiger charge is -2.35. The van der Waals surface area contributed by atoms with Crippen molar-refractivity contribution in [3.05, 3.63) is 93.2 Å². The maximum absolute atomic E-state index is 13.6. The molecule has 0 spiro atoms. The standard InChI is InChI=1S/C26H28Cl2N2O/c1-19-7-5-8-20(13-19)17-29-12-6-11-25(29)18-30(24-9-3-2-4-10-24)26(31)21-14-22(27)16-23(28)15-21/h5-8,11-16,24H,2-4,9-10,17-18H2,1H3. The summed E-state index contributed by atoms with van der Waals surface area (Å²) in [6.07, 6.45) is 7.74. The van der Waals surface area contributed by atoms with Crippen LogP contribution in [0.4, 0.5) is 0 Å². The zero-order valence-corrected chi connectivity index (χ0v) is 19.4. The average molecular weight is 455 g/mol. The van der Waals surface area contributed by atoms with Crippen molar-refractivity contribution >= 4 is 29.1 Å². The second kappa shape index (κ2) is 9.93. The van der Waals surface area contributed by atoms with E-state index >= 15 is 0 Å². The Bertz CT molecular complexity index is 1030. The van der Waals surface area contributed by atoms with Crippen molar-refractivity contribution in [2.45, 2.75) is 58.2 Å². The Morgan fingerprint density at radius 3 is 2.45 bits per heavy atom. The molecular weight excluding hydrogens is 427 g/mol. The van der Waals surface area contributed by atoms with Crippen LogP contribution in [0, 0.1) is 6.92 Å². The molecule has 4 rings (SSSR count). The van der Waals surface area contributed by atoms with Gasteiger partial charge in [-0.25, -0.2) is 0 Å². The van der Waals surface area contributed by atoms with E-state index in [0.717, 1.165) is 37.9 Å². The molecule has 0 saturated heterocycles. The van der Waals surface area contributed by atoms with E-state index in [2.05, 4.69) is 54.1 Å². The van der Waals surface area contributed by atoms with Crippen LogP contribution in [-0.2, 0) is 13.1 Å². The third kappa shape index (κ3) is 5.53. The zero-order chi connectivity index (χ0) is 21.8. The number of carbonyl (C=O) groups is 1. The molecule has 1 aliphatic carbocycles. The van der Waals surface area contributed by atoms with Gasteiger partial charge in [0.15, 0.2) is 0 Å². The highest BCUT2D eigenvalue weighted by molar-refractivity contribution is 6.35. The van der Waals surface area contributed by atoms with Crippen LogP contribution in [0.15, 0.2) is 60.8 Å². The van der Waals surface area contributed by atoms with Crippen LogP contribution in [0.5, 0.6) is 0 Å². The van der Waals surface area contributed by atoms with Crippen molar-refractivity contribution in [2.75, 3.05) is 0 Å². The molecule has 1 saturated carbocycles. The molecule has 0 radical (unpaired) electrons. The third-order valence-corrected chi connectivity index (χ3v) is 6.51. The van der Waals surface area contributed by atoms with E-state index in [1.165, 1.54) is 17.5 Å². The summed E-state index contributed by atoms with van der Waals surface area (Å²) >= 11 is 12.4. The van der Waals surface area contributed by atoms with E-state index in [1.54, 1.807) is 18.2 Å². The average Bonchev–Trinajstić information content (AvgIpc) is 3.18. The summed E-state index contributed by atoms with van der Waals surface area (Å²) in [5, 5.41) is 0.976. The van der Waals surface area contributed by atoms with Crippen molar-refractivity contribution in [1.82, 2.24) is 9.47 Å². The number of rotatable bonds is 6. The second-order valence-corrected chi connectivity index (χ2v) is 9.37. The smallest absolute Gasteiger partial charge is 0.254 e. The molecule has 1 fully saturated rings. The van der Waals surface area contributed by atoms with Gasteiger partial charge in [0.25, 0.3) is 5.91 Å². The summed E-state index contributed by atoms with van der Waals surface area (Å²) in [5.74, 6) is -0.000365. The van der Waals surface area contributed by atoms with Gasteiger partial charge in [0.2, 0.25) is 0 Å². The van der Waals surface area contributed by atoms with Crippen LogP contribution in [0.3, 0.4) is 0 Å². The molecule has 0 atom stereocenters. The number of carbonyl (C=O) groups excluding carboxylic acids is 1. The molecule has 31 heavy (non-hydrogen) atoms. The molecule has 1 aromatic heterocycles. The van der Waals surface area contributed by atoms with Crippen LogP contribution < -0.4 is 0 Å². The number of hydrogen-bond acceptors (Lipinski definition) is 1. The van der Waals surface area contributed by atoms with Crippen molar-refractivity contribution in [1.29, 1.82) is 0 Å². The normalized spacial score (nSPS) is 14.5. The Balaban J connectivity index is 1.61. The topological polar surface area (TPSA) is 25.2 Å². The molecular formula is C26H28Cl2N2O. The van der Waals surface area contributed by atoms with E-state index in [-0.39, 0.29) is 11.9 Å². The number of aromatic nitrogens is 1. The van der Waals surface area contributed by atoms with E-state index in [9.17, 15) is 4.79 Å². The number of aryl methyl sites for hydroxylation is 1. The van der Waals surface area contributed by atoms with Gasteiger partial charge in [0, 0.05) is 40.1 Å². The number of halogens is 2. The molecule has 3 nitrogen and oxygen atoms in total. The van der Waals surface area contributed by atoms with E-state index in [4.69, 9.17) is 23.2 Å². The molecule has 1 aliphatic rings. The molecule has 0 unspecified atom stereocenters. The third-order valence-electron chi connectivity index (χ3n) is 6.08. The number of hydrogen-bond donors (Lipinski definition) is 0. The molecule has 1 amide bonds. The van der Waals surface area contributed by atoms with Crippen LogP contribution >= 0.6 is 23.2 Å². The predicted octanol–water partition coefficient (Wildman–Crippen LogP) is 7.13. The maximum atomic E-state index is 13.6. The largest absolute Gasteiger partial charge is 0.345 e. The first-order valence-electron chi connectivity index (χ1n) is 11.0. The van der Waals surface area contributed by atoms with Crippen molar-refractivity contribution in [2.24, 2.45) is 0 Å². The molecule has 1 heterocycles. The minimum atomic E-state index is -0.000365.